The smallest absolute Gasteiger partial charge is 0.425 e. The number of nitrogens with zero attached hydrogens (tertiary/aromatic N) is 4. The molecule has 0 aliphatic carbocycles. The molecule has 2 aliphatic heterocycles. The van der Waals surface area contributed by atoms with Crippen molar-refractivity contribution in [3.05, 3.63) is 35.9 Å². The monoisotopic (exact) mass is 487 g/mol. The molecule has 8 nitrogen and oxygen atoms in total. The van der Waals surface area contributed by atoms with Crippen LogP contribution in [0.1, 0.15) is 26.2 Å². The lowest BCUT2D eigenvalue weighted by Gasteiger charge is -2.50. The highest BCUT2D eigenvalue weighted by atomic mass is 19.4. The summed E-state index contributed by atoms with van der Waals surface area (Å²) >= 11 is 0. The highest BCUT2D eigenvalue weighted by molar-refractivity contribution is 5.90. The number of ether oxygens (including phenoxy) is 2. The van der Waals surface area contributed by atoms with E-state index in [-0.39, 0.29) is 29.9 Å². The number of piperidine rings is 1. The van der Waals surface area contributed by atoms with E-state index in [1.165, 1.54) is 17.0 Å². The van der Waals surface area contributed by atoms with Gasteiger partial charge in [0, 0.05) is 31.6 Å². The van der Waals surface area contributed by atoms with E-state index in [1.54, 1.807) is 4.90 Å². The highest BCUT2D eigenvalue weighted by Gasteiger charge is 2.47. The van der Waals surface area contributed by atoms with Crippen molar-refractivity contribution >= 4 is 23.5 Å². The third kappa shape index (κ3) is 4.64. The summed E-state index contributed by atoms with van der Waals surface area (Å²) < 4.78 is 75.9. The van der Waals surface area contributed by atoms with Crippen molar-refractivity contribution in [2.24, 2.45) is 0 Å². The maximum Gasteiger partial charge on any atom is 0.425 e. The molecule has 2 aromatic rings. The topological polar surface area (TPSA) is 93.8 Å². The minimum atomic E-state index is -4.57. The summed E-state index contributed by atoms with van der Waals surface area (Å²) in [6.07, 6.45) is -6.02. The molecular weight excluding hydrogens is 465 g/mol. The van der Waals surface area contributed by atoms with Crippen LogP contribution in [-0.2, 0) is 4.74 Å². The van der Waals surface area contributed by atoms with E-state index in [9.17, 15) is 26.7 Å². The van der Waals surface area contributed by atoms with Crippen molar-refractivity contribution in [3.8, 4) is 5.88 Å². The number of cyclic esters (lactones) is 1. The number of anilines is 3. The minimum absolute atomic E-state index is 0.173. The van der Waals surface area contributed by atoms with E-state index in [0.717, 1.165) is 19.1 Å². The summed E-state index contributed by atoms with van der Waals surface area (Å²) in [6, 6.07) is 4.49. The lowest BCUT2D eigenvalue weighted by Crippen LogP contribution is -2.61. The van der Waals surface area contributed by atoms with Crippen LogP contribution in [0.3, 0.4) is 0 Å². The number of rotatable bonds is 4. The fraction of sp³-hybridized carbons (Fsp3) is 0.476. The van der Waals surface area contributed by atoms with Gasteiger partial charge < -0.3 is 20.1 Å². The van der Waals surface area contributed by atoms with Gasteiger partial charge in [0.05, 0.1) is 17.8 Å². The van der Waals surface area contributed by atoms with E-state index in [4.69, 9.17) is 15.2 Å². The zero-order chi connectivity index (χ0) is 24.7. The molecular formula is C21H22F5N5O3. The molecule has 1 atom stereocenters. The Kier molecular flexibility index (Phi) is 6.13. The van der Waals surface area contributed by atoms with Crippen molar-refractivity contribution in [2.75, 3.05) is 35.2 Å². The summed E-state index contributed by atoms with van der Waals surface area (Å²) in [7, 11) is 0. The van der Waals surface area contributed by atoms with Crippen molar-refractivity contribution in [1.82, 2.24) is 9.97 Å². The van der Waals surface area contributed by atoms with Gasteiger partial charge in [-0.15, -0.1) is 0 Å². The molecule has 1 aromatic carbocycles. The molecule has 0 unspecified atom stereocenters. The number of carbonyl (C=O) groups excluding carboxylic acids is 1. The minimum Gasteiger partial charge on any atom is -0.465 e. The van der Waals surface area contributed by atoms with Gasteiger partial charge in [0.15, 0.2) is 17.7 Å². The number of amides is 1. The van der Waals surface area contributed by atoms with Crippen LogP contribution in [-0.4, -0.2) is 53.6 Å². The summed E-state index contributed by atoms with van der Waals surface area (Å²) in [5, 5.41) is 0. The lowest BCUT2D eigenvalue weighted by molar-refractivity contribution is -0.189. The van der Waals surface area contributed by atoms with Gasteiger partial charge in [-0.3, -0.25) is 4.90 Å². The lowest BCUT2D eigenvalue weighted by atomic mass is 9.81. The van der Waals surface area contributed by atoms with Gasteiger partial charge in [-0.1, -0.05) is 0 Å². The van der Waals surface area contributed by atoms with Gasteiger partial charge in [0.1, 0.15) is 5.82 Å². The average molecular weight is 487 g/mol. The molecule has 0 radical (unpaired) electrons. The molecule has 2 aliphatic rings. The van der Waals surface area contributed by atoms with Crippen LogP contribution >= 0.6 is 0 Å². The third-order valence-electron chi connectivity index (χ3n) is 6.09. The Bertz CT molecular complexity index is 1080. The molecule has 184 valence electrons. The van der Waals surface area contributed by atoms with E-state index in [2.05, 4.69) is 9.97 Å². The fourth-order valence-corrected chi connectivity index (χ4v) is 4.23. The summed E-state index contributed by atoms with van der Waals surface area (Å²) in [6.45, 7) is 1.75. The first-order valence-corrected chi connectivity index (χ1v) is 10.5. The summed E-state index contributed by atoms with van der Waals surface area (Å²) in [5.41, 5.74) is 5.16. The van der Waals surface area contributed by atoms with Gasteiger partial charge >= 0.3 is 12.3 Å². The predicted octanol–water partition coefficient (Wildman–Crippen LogP) is 4.05. The van der Waals surface area contributed by atoms with Crippen molar-refractivity contribution in [3.63, 3.8) is 0 Å². The van der Waals surface area contributed by atoms with Gasteiger partial charge in [-0.2, -0.15) is 23.1 Å². The van der Waals surface area contributed by atoms with Crippen LogP contribution in [0, 0.1) is 11.6 Å². The number of nitrogen functional groups attached to an aromatic ring is 1. The molecule has 34 heavy (non-hydrogen) atoms. The molecule has 2 fully saturated rings. The van der Waals surface area contributed by atoms with E-state index < -0.39 is 35.5 Å². The number of benzene rings is 1. The Morgan fingerprint density at radius 3 is 2.47 bits per heavy atom. The number of hydrogen-bond donors (Lipinski definition) is 1. The predicted molar refractivity (Wildman–Crippen MR) is 112 cm³/mol. The van der Waals surface area contributed by atoms with Crippen LogP contribution < -0.4 is 20.3 Å². The summed E-state index contributed by atoms with van der Waals surface area (Å²) in [4.78, 5) is 23.6. The van der Waals surface area contributed by atoms with Crippen molar-refractivity contribution in [2.45, 2.75) is 44.0 Å². The van der Waals surface area contributed by atoms with Crippen LogP contribution in [0.25, 0.3) is 0 Å². The second kappa shape index (κ2) is 8.76. The molecule has 1 amide bonds. The Morgan fingerprint density at radius 2 is 1.82 bits per heavy atom. The molecule has 1 aromatic heterocycles. The molecule has 0 bridgehead atoms. The molecule has 2 saturated heterocycles. The maximum atomic E-state index is 13.9. The van der Waals surface area contributed by atoms with Gasteiger partial charge in [0.25, 0.3) is 0 Å². The number of halogens is 5. The zero-order valence-electron chi connectivity index (χ0n) is 18.1. The zero-order valence-corrected chi connectivity index (χ0v) is 18.1. The first-order chi connectivity index (χ1) is 16.0. The highest BCUT2D eigenvalue weighted by Crippen LogP contribution is 2.40. The molecule has 1 spiro atoms. The Morgan fingerprint density at radius 1 is 1.12 bits per heavy atom. The maximum absolute atomic E-state index is 13.9. The van der Waals surface area contributed by atoms with E-state index >= 15 is 0 Å². The number of nitrogens with two attached hydrogens (primary N) is 1. The van der Waals surface area contributed by atoms with Crippen LogP contribution in [0.2, 0.25) is 0 Å². The first-order valence-electron chi connectivity index (χ1n) is 10.5. The van der Waals surface area contributed by atoms with Crippen molar-refractivity contribution < 1.29 is 36.2 Å². The largest absolute Gasteiger partial charge is 0.465 e. The molecule has 13 heteroatoms. The van der Waals surface area contributed by atoms with Gasteiger partial charge in [-0.25, -0.2) is 13.6 Å². The first kappa shape index (κ1) is 23.8. The molecule has 4 rings (SSSR count). The number of hydrogen-bond acceptors (Lipinski definition) is 7. The second-order valence-corrected chi connectivity index (χ2v) is 8.23. The normalized spacial score (nSPS) is 19.2. The van der Waals surface area contributed by atoms with E-state index in [1.807, 2.05) is 0 Å². The number of aromatic nitrogens is 2. The number of carbonyl (C=O) groups is 1. The Balaban J connectivity index is 1.54. The summed E-state index contributed by atoms with van der Waals surface area (Å²) in [5.74, 6) is -2.38. The standard InChI is InChI=1S/C21H22F5N5O3/c1-12(21(24,25)26)34-17-11-16(28-18(27)29-17)30-7-4-20(5-8-30)6-9-33-19(32)31(20)13-2-3-14(22)15(23)10-13/h2-3,10-12H,4-9H2,1H3,(H2,27,28,29)/t12-/m1/s1. The van der Waals surface area contributed by atoms with Gasteiger partial charge in [0.2, 0.25) is 11.8 Å². The van der Waals surface area contributed by atoms with Crippen molar-refractivity contribution in [1.29, 1.82) is 0 Å². The fourth-order valence-electron chi connectivity index (χ4n) is 4.23. The Hall–Kier alpha value is -3.38. The molecule has 0 saturated carbocycles. The number of alkyl halides is 3. The second-order valence-electron chi connectivity index (χ2n) is 8.23. The van der Waals surface area contributed by atoms with Crippen LogP contribution in [0.4, 0.5) is 44.2 Å². The molecule has 3 heterocycles. The SMILES string of the molecule is C[C@@H](Oc1cc(N2CCC3(CCOC(=O)N3c3ccc(F)c(F)c3)CC2)nc(N)n1)C(F)(F)F. The molecule has 2 N–H and O–H groups in total. The Labute approximate surface area is 191 Å². The average Bonchev–Trinajstić information content (AvgIpc) is 2.75. The van der Waals surface area contributed by atoms with E-state index in [0.29, 0.717) is 32.4 Å². The third-order valence-corrected chi connectivity index (χ3v) is 6.09. The quantitative estimate of drug-likeness (QED) is 0.651. The van der Waals surface area contributed by atoms with Crippen LogP contribution in [0.5, 0.6) is 5.88 Å². The van der Waals surface area contributed by atoms with Gasteiger partial charge in [-0.05, 0) is 31.9 Å². The van der Waals surface area contributed by atoms with Crippen LogP contribution in [0.15, 0.2) is 24.3 Å².